The van der Waals surface area contributed by atoms with Crippen LogP contribution in [0.2, 0.25) is 0 Å². The lowest BCUT2D eigenvalue weighted by Gasteiger charge is -2.33. The van der Waals surface area contributed by atoms with E-state index >= 15 is 0 Å². The van der Waals surface area contributed by atoms with Gasteiger partial charge in [0.2, 0.25) is 5.91 Å². The summed E-state index contributed by atoms with van der Waals surface area (Å²) in [6, 6.07) is -0.198. The van der Waals surface area contributed by atoms with Gasteiger partial charge in [0.1, 0.15) is 0 Å². The van der Waals surface area contributed by atoms with Gasteiger partial charge in [0.15, 0.2) is 0 Å². The number of likely N-dealkylation sites (tertiary alicyclic amines) is 1. The number of likely N-dealkylation sites (N-methyl/N-ethyl adjacent to an activating group) is 1. The Labute approximate surface area is 105 Å². The van der Waals surface area contributed by atoms with E-state index in [-0.39, 0.29) is 18.0 Å². The highest BCUT2D eigenvalue weighted by molar-refractivity contribution is 5.80. The highest BCUT2D eigenvalue weighted by atomic mass is 19.4. The second-order valence-electron chi connectivity index (χ2n) is 4.67. The second-order valence-corrected chi connectivity index (χ2v) is 4.67. The van der Waals surface area contributed by atoms with Gasteiger partial charge in [-0.2, -0.15) is 13.2 Å². The van der Waals surface area contributed by atoms with Crippen molar-refractivity contribution in [2.24, 2.45) is 0 Å². The molecule has 1 fully saturated rings. The predicted octanol–water partition coefficient (Wildman–Crippen LogP) is 0.737. The van der Waals surface area contributed by atoms with Crippen LogP contribution in [0.1, 0.15) is 19.8 Å². The van der Waals surface area contributed by atoms with Gasteiger partial charge in [0.25, 0.3) is 0 Å². The zero-order valence-electron chi connectivity index (χ0n) is 10.7. The molecular weight excluding hydrogens is 247 g/mol. The molecule has 0 bridgehead atoms. The van der Waals surface area contributed by atoms with Crippen molar-refractivity contribution in [3.63, 3.8) is 0 Å². The van der Waals surface area contributed by atoms with Crippen LogP contribution in [0.4, 0.5) is 13.2 Å². The maximum Gasteiger partial charge on any atom is 0.401 e. The third-order valence-electron chi connectivity index (χ3n) is 3.12. The number of carbonyl (C=O) groups excluding carboxylic acids is 1. The number of halogens is 3. The van der Waals surface area contributed by atoms with Crippen LogP contribution in [-0.2, 0) is 4.79 Å². The number of hydrogen-bond acceptors (Lipinski definition) is 3. The van der Waals surface area contributed by atoms with Gasteiger partial charge in [0.05, 0.1) is 12.6 Å². The molecule has 1 saturated heterocycles. The first-order valence-electron chi connectivity index (χ1n) is 6.08. The molecule has 0 spiro atoms. The van der Waals surface area contributed by atoms with Crippen molar-refractivity contribution >= 4 is 5.91 Å². The van der Waals surface area contributed by atoms with E-state index in [1.165, 1.54) is 4.90 Å². The van der Waals surface area contributed by atoms with E-state index in [2.05, 4.69) is 10.6 Å². The molecule has 2 N–H and O–H groups in total. The Morgan fingerprint density at radius 3 is 2.39 bits per heavy atom. The summed E-state index contributed by atoms with van der Waals surface area (Å²) < 4.78 is 36.6. The smallest absolute Gasteiger partial charge is 0.358 e. The van der Waals surface area contributed by atoms with E-state index in [4.69, 9.17) is 0 Å². The Balaban J connectivity index is 2.29. The van der Waals surface area contributed by atoms with Crippen LogP contribution in [0.3, 0.4) is 0 Å². The number of nitrogens with one attached hydrogen (secondary N) is 2. The topological polar surface area (TPSA) is 44.4 Å². The fourth-order valence-corrected chi connectivity index (χ4v) is 2.16. The maximum absolute atomic E-state index is 12.2. The van der Waals surface area contributed by atoms with Gasteiger partial charge in [-0.05, 0) is 32.9 Å². The molecule has 0 aromatic heterocycles. The van der Waals surface area contributed by atoms with E-state index < -0.39 is 12.7 Å². The Kier molecular flexibility index (Phi) is 5.40. The lowest BCUT2D eigenvalue weighted by Crippen LogP contribution is -2.50. The van der Waals surface area contributed by atoms with Crippen LogP contribution in [-0.4, -0.2) is 55.7 Å². The van der Waals surface area contributed by atoms with Crippen molar-refractivity contribution in [1.29, 1.82) is 0 Å². The second kappa shape index (κ2) is 6.38. The number of rotatable bonds is 4. The molecule has 4 nitrogen and oxygen atoms in total. The van der Waals surface area contributed by atoms with Crippen LogP contribution in [0.5, 0.6) is 0 Å². The highest BCUT2D eigenvalue weighted by Crippen LogP contribution is 2.19. The van der Waals surface area contributed by atoms with E-state index in [0.717, 1.165) is 0 Å². The number of carbonyl (C=O) groups is 1. The van der Waals surface area contributed by atoms with Crippen molar-refractivity contribution in [2.45, 2.75) is 38.0 Å². The predicted molar refractivity (Wildman–Crippen MR) is 62.2 cm³/mol. The molecular formula is C11H20F3N3O. The van der Waals surface area contributed by atoms with Gasteiger partial charge in [-0.15, -0.1) is 0 Å². The minimum absolute atomic E-state index is 0.104. The first kappa shape index (κ1) is 15.2. The van der Waals surface area contributed by atoms with Crippen molar-refractivity contribution < 1.29 is 18.0 Å². The van der Waals surface area contributed by atoms with Gasteiger partial charge in [-0.1, -0.05) is 0 Å². The van der Waals surface area contributed by atoms with E-state index in [1.807, 2.05) is 0 Å². The molecule has 1 atom stereocenters. The Morgan fingerprint density at radius 1 is 1.39 bits per heavy atom. The molecule has 18 heavy (non-hydrogen) atoms. The van der Waals surface area contributed by atoms with Crippen molar-refractivity contribution in [3.05, 3.63) is 0 Å². The van der Waals surface area contributed by atoms with Gasteiger partial charge in [-0.25, -0.2) is 0 Å². The molecule has 1 unspecified atom stereocenters. The minimum Gasteiger partial charge on any atom is -0.358 e. The molecule has 0 aliphatic carbocycles. The fourth-order valence-electron chi connectivity index (χ4n) is 2.16. The van der Waals surface area contributed by atoms with Gasteiger partial charge in [-0.3, -0.25) is 9.69 Å². The lowest BCUT2D eigenvalue weighted by atomic mass is 10.0. The minimum atomic E-state index is -4.13. The van der Waals surface area contributed by atoms with Crippen molar-refractivity contribution in [1.82, 2.24) is 15.5 Å². The largest absolute Gasteiger partial charge is 0.401 e. The molecule has 1 aliphatic rings. The van der Waals surface area contributed by atoms with Crippen LogP contribution < -0.4 is 10.6 Å². The summed E-state index contributed by atoms with van der Waals surface area (Å²) in [7, 11) is 1.56. The Hall–Kier alpha value is -0.820. The van der Waals surface area contributed by atoms with Gasteiger partial charge < -0.3 is 10.6 Å². The zero-order chi connectivity index (χ0) is 13.8. The first-order chi connectivity index (χ1) is 8.31. The number of amides is 1. The maximum atomic E-state index is 12.2. The monoisotopic (exact) mass is 267 g/mol. The summed E-state index contributed by atoms with van der Waals surface area (Å²) >= 11 is 0. The molecule has 0 saturated carbocycles. The summed E-state index contributed by atoms with van der Waals surface area (Å²) in [5, 5.41) is 5.67. The summed E-state index contributed by atoms with van der Waals surface area (Å²) in [6.07, 6.45) is -2.86. The number of nitrogens with zero attached hydrogens (tertiary/aromatic N) is 1. The van der Waals surface area contributed by atoms with Crippen LogP contribution in [0.25, 0.3) is 0 Å². The molecule has 0 radical (unpaired) electrons. The Bertz CT molecular complexity index is 275. The first-order valence-corrected chi connectivity index (χ1v) is 6.08. The fraction of sp³-hybridized carbons (Fsp3) is 0.909. The summed E-state index contributed by atoms with van der Waals surface area (Å²) in [4.78, 5) is 12.7. The molecule has 1 amide bonds. The summed E-state index contributed by atoms with van der Waals surface area (Å²) in [5.41, 5.74) is 0. The van der Waals surface area contributed by atoms with Gasteiger partial charge in [0, 0.05) is 13.1 Å². The third-order valence-corrected chi connectivity index (χ3v) is 3.12. The van der Waals surface area contributed by atoms with E-state index in [1.54, 1.807) is 14.0 Å². The number of hydrogen-bond donors (Lipinski definition) is 2. The zero-order valence-corrected chi connectivity index (χ0v) is 10.7. The molecule has 106 valence electrons. The van der Waals surface area contributed by atoms with Crippen LogP contribution in [0, 0.1) is 0 Å². The highest BCUT2D eigenvalue weighted by Gasteiger charge is 2.32. The quantitative estimate of drug-likeness (QED) is 0.789. The normalized spacial score (nSPS) is 20.7. The van der Waals surface area contributed by atoms with E-state index in [9.17, 15) is 18.0 Å². The molecule has 0 aromatic rings. The van der Waals surface area contributed by atoms with Crippen LogP contribution >= 0.6 is 0 Å². The summed E-state index contributed by atoms with van der Waals surface area (Å²) in [5.74, 6) is -0.104. The Morgan fingerprint density at radius 2 is 1.94 bits per heavy atom. The average molecular weight is 267 g/mol. The number of piperidine rings is 1. The van der Waals surface area contributed by atoms with E-state index in [0.29, 0.717) is 25.9 Å². The standard InChI is InChI=1S/C11H20F3N3O/c1-8(10(18)15-2)16-9-3-5-17(6-4-9)7-11(12,13)14/h8-9,16H,3-7H2,1-2H3,(H,15,18). The SMILES string of the molecule is CNC(=O)C(C)NC1CCN(CC(F)(F)F)CC1. The third kappa shape index (κ3) is 5.22. The van der Waals surface area contributed by atoms with Gasteiger partial charge >= 0.3 is 6.18 Å². The molecule has 0 aromatic carbocycles. The molecule has 1 rings (SSSR count). The average Bonchev–Trinajstić information content (AvgIpc) is 2.28. The van der Waals surface area contributed by atoms with Crippen LogP contribution in [0.15, 0.2) is 0 Å². The van der Waals surface area contributed by atoms with Crippen molar-refractivity contribution in [3.8, 4) is 0 Å². The van der Waals surface area contributed by atoms with Crippen molar-refractivity contribution in [2.75, 3.05) is 26.7 Å². The molecule has 7 heteroatoms. The molecule has 1 aliphatic heterocycles. The molecule has 1 heterocycles. The number of alkyl halides is 3. The lowest BCUT2D eigenvalue weighted by molar-refractivity contribution is -0.148. The summed E-state index contributed by atoms with van der Waals surface area (Å²) in [6.45, 7) is 1.74.